The molecule has 0 N–H and O–H groups in total. The number of rotatable bonds is 2. The predicted molar refractivity (Wildman–Crippen MR) is 76.3 cm³/mol. The van der Waals surface area contributed by atoms with Crippen LogP contribution in [0.4, 0.5) is 0 Å². The van der Waals surface area contributed by atoms with Gasteiger partial charge < -0.3 is 14.5 Å². The van der Waals surface area contributed by atoms with E-state index in [0.29, 0.717) is 0 Å². The molecular formula is C14H20N2O2S. The average Bonchev–Trinajstić information content (AvgIpc) is 2.98. The van der Waals surface area contributed by atoms with Crippen molar-refractivity contribution in [3.05, 3.63) is 15.3 Å². The number of ether oxygens (including phenoxy) is 1. The third-order valence-corrected chi connectivity index (χ3v) is 5.32. The Labute approximate surface area is 118 Å². The number of hydrogen-bond donors (Lipinski definition) is 0. The fraction of sp³-hybridized carbons (Fsp3) is 0.643. The molecule has 19 heavy (non-hydrogen) atoms. The van der Waals surface area contributed by atoms with Gasteiger partial charge in [0.1, 0.15) is 10.6 Å². The standard InChI is InChI=1S/C14H20N2O2S/c1-15-6-8-16(9-7-15)14(17)13-12(18-2)10-4-3-5-11(10)19-13/h3-9H2,1-2H3. The zero-order valence-electron chi connectivity index (χ0n) is 11.6. The molecule has 0 saturated carbocycles. The molecule has 0 unspecified atom stereocenters. The number of nitrogens with zero attached hydrogens (tertiary/aromatic N) is 2. The molecule has 104 valence electrons. The monoisotopic (exact) mass is 280 g/mol. The number of aryl methyl sites for hydroxylation is 1. The van der Waals surface area contributed by atoms with E-state index in [1.807, 2.05) is 4.90 Å². The van der Waals surface area contributed by atoms with Crippen molar-refractivity contribution < 1.29 is 9.53 Å². The van der Waals surface area contributed by atoms with E-state index < -0.39 is 0 Å². The van der Waals surface area contributed by atoms with Gasteiger partial charge in [-0.15, -0.1) is 11.3 Å². The first-order valence-corrected chi connectivity index (χ1v) is 7.68. The van der Waals surface area contributed by atoms with Gasteiger partial charge in [-0.05, 0) is 26.3 Å². The molecular weight excluding hydrogens is 260 g/mol. The second-order valence-electron chi connectivity index (χ2n) is 5.32. The van der Waals surface area contributed by atoms with Crippen LogP contribution < -0.4 is 4.74 Å². The van der Waals surface area contributed by atoms with Crippen molar-refractivity contribution in [1.82, 2.24) is 9.80 Å². The topological polar surface area (TPSA) is 32.8 Å². The third kappa shape index (κ3) is 2.25. The maximum absolute atomic E-state index is 12.6. The van der Waals surface area contributed by atoms with E-state index in [1.54, 1.807) is 18.4 Å². The van der Waals surface area contributed by atoms with Gasteiger partial charge in [-0.25, -0.2) is 0 Å². The van der Waals surface area contributed by atoms with Gasteiger partial charge in [-0.1, -0.05) is 0 Å². The highest BCUT2D eigenvalue weighted by molar-refractivity contribution is 7.14. The van der Waals surface area contributed by atoms with Crippen molar-refractivity contribution in [2.24, 2.45) is 0 Å². The minimum atomic E-state index is 0.157. The van der Waals surface area contributed by atoms with Crippen LogP contribution in [0, 0.1) is 0 Å². The number of fused-ring (bicyclic) bond motifs is 1. The Morgan fingerprint density at radius 3 is 2.63 bits per heavy atom. The Bertz CT molecular complexity index is 490. The highest BCUT2D eigenvalue weighted by atomic mass is 32.1. The number of carbonyl (C=O) groups excluding carboxylic acids is 1. The van der Waals surface area contributed by atoms with Crippen LogP contribution in [0.15, 0.2) is 0 Å². The molecule has 0 radical (unpaired) electrons. The summed E-state index contributed by atoms with van der Waals surface area (Å²) in [5, 5.41) is 0. The minimum absolute atomic E-state index is 0.157. The SMILES string of the molecule is COc1c(C(=O)N2CCN(C)CC2)sc2c1CCC2. The summed E-state index contributed by atoms with van der Waals surface area (Å²) >= 11 is 1.65. The maximum atomic E-state index is 12.6. The van der Waals surface area contributed by atoms with E-state index in [0.717, 1.165) is 49.6 Å². The molecule has 1 fully saturated rings. The summed E-state index contributed by atoms with van der Waals surface area (Å²) < 4.78 is 5.51. The molecule has 0 bridgehead atoms. The first-order chi connectivity index (χ1) is 9.20. The fourth-order valence-electron chi connectivity index (χ4n) is 2.89. The van der Waals surface area contributed by atoms with Gasteiger partial charge in [0, 0.05) is 36.6 Å². The highest BCUT2D eigenvalue weighted by Gasteiger charge is 2.30. The number of piperazine rings is 1. The van der Waals surface area contributed by atoms with Crippen molar-refractivity contribution >= 4 is 17.2 Å². The molecule has 0 spiro atoms. The summed E-state index contributed by atoms with van der Waals surface area (Å²) in [6.07, 6.45) is 3.36. The number of methoxy groups -OCH3 is 1. The lowest BCUT2D eigenvalue weighted by Gasteiger charge is -2.32. The Morgan fingerprint density at radius 2 is 1.95 bits per heavy atom. The smallest absolute Gasteiger partial charge is 0.267 e. The van der Waals surface area contributed by atoms with E-state index >= 15 is 0 Å². The Morgan fingerprint density at radius 1 is 1.21 bits per heavy atom. The normalized spacial score (nSPS) is 19.6. The lowest BCUT2D eigenvalue weighted by atomic mass is 10.2. The number of hydrogen-bond acceptors (Lipinski definition) is 4. The second-order valence-corrected chi connectivity index (χ2v) is 6.42. The first kappa shape index (κ1) is 12.9. The summed E-state index contributed by atoms with van der Waals surface area (Å²) in [4.78, 5) is 19.0. The van der Waals surface area contributed by atoms with Gasteiger partial charge in [-0.3, -0.25) is 4.79 Å². The summed E-state index contributed by atoms with van der Waals surface area (Å²) in [6.45, 7) is 3.56. The highest BCUT2D eigenvalue weighted by Crippen LogP contribution is 2.41. The van der Waals surface area contributed by atoms with Gasteiger partial charge in [0.15, 0.2) is 0 Å². The summed E-state index contributed by atoms with van der Waals surface area (Å²) in [5.74, 6) is 1.01. The molecule has 2 heterocycles. The van der Waals surface area contributed by atoms with Crippen LogP contribution in [0.3, 0.4) is 0 Å². The van der Waals surface area contributed by atoms with Crippen molar-refractivity contribution in [1.29, 1.82) is 0 Å². The lowest BCUT2D eigenvalue weighted by molar-refractivity contribution is 0.0666. The molecule has 1 aliphatic heterocycles. The van der Waals surface area contributed by atoms with Gasteiger partial charge >= 0.3 is 0 Å². The molecule has 3 rings (SSSR count). The van der Waals surface area contributed by atoms with Crippen LogP contribution in [0.2, 0.25) is 0 Å². The average molecular weight is 280 g/mol. The van der Waals surface area contributed by atoms with E-state index in [2.05, 4.69) is 11.9 Å². The van der Waals surface area contributed by atoms with Crippen LogP contribution >= 0.6 is 11.3 Å². The van der Waals surface area contributed by atoms with Crippen LogP contribution in [-0.2, 0) is 12.8 Å². The van der Waals surface area contributed by atoms with Gasteiger partial charge in [0.05, 0.1) is 7.11 Å². The molecule has 1 aliphatic carbocycles. The minimum Gasteiger partial charge on any atom is -0.495 e. The van der Waals surface area contributed by atoms with Crippen LogP contribution in [-0.4, -0.2) is 56.0 Å². The zero-order valence-corrected chi connectivity index (χ0v) is 12.4. The van der Waals surface area contributed by atoms with Crippen LogP contribution in [0.1, 0.15) is 26.5 Å². The molecule has 1 aromatic heterocycles. The van der Waals surface area contributed by atoms with Crippen molar-refractivity contribution in [2.75, 3.05) is 40.3 Å². The Hall–Kier alpha value is -1.07. The number of likely N-dealkylation sites (N-methyl/N-ethyl adjacent to an activating group) is 1. The van der Waals surface area contributed by atoms with E-state index in [1.165, 1.54) is 16.9 Å². The molecule has 1 saturated heterocycles. The maximum Gasteiger partial charge on any atom is 0.267 e. The second kappa shape index (κ2) is 5.13. The zero-order chi connectivity index (χ0) is 13.4. The van der Waals surface area contributed by atoms with Crippen molar-refractivity contribution in [2.45, 2.75) is 19.3 Å². The Balaban J connectivity index is 1.84. The van der Waals surface area contributed by atoms with Crippen molar-refractivity contribution in [3.8, 4) is 5.75 Å². The quantitative estimate of drug-likeness (QED) is 0.825. The molecule has 0 aromatic carbocycles. The van der Waals surface area contributed by atoms with Crippen LogP contribution in [0.5, 0.6) is 5.75 Å². The first-order valence-electron chi connectivity index (χ1n) is 6.87. The van der Waals surface area contributed by atoms with Gasteiger partial charge in [-0.2, -0.15) is 0 Å². The third-order valence-electron chi connectivity index (χ3n) is 4.06. The fourth-order valence-corrected chi connectivity index (χ4v) is 4.21. The van der Waals surface area contributed by atoms with E-state index in [-0.39, 0.29) is 5.91 Å². The van der Waals surface area contributed by atoms with E-state index in [9.17, 15) is 4.79 Å². The summed E-state index contributed by atoms with van der Waals surface area (Å²) in [6, 6.07) is 0. The number of amides is 1. The molecule has 1 amide bonds. The molecule has 1 aromatic rings. The van der Waals surface area contributed by atoms with Crippen molar-refractivity contribution in [3.63, 3.8) is 0 Å². The Kier molecular flexibility index (Phi) is 3.50. The van der Waals surface area contributed by atoms with Gasteiger partial charge in [0.2, 0.25) is 0 Å². The lowest BCUT2D eigenvalue weighted by Crippen LogP contribution is -2.47. The molecule has 4 nitrogen and oxygen atoms in total. The summed E-state index contributed by atoms with van der Waals surface area (Å²) in [5.41, 5.74) is 1.28. The summed E-state index contributed by atoms with van der Waals surface area (Å²) in [7, 11) is 3.78. The predicted octanol–water partition coefficient (Wildman–Crippen LogP) is 1.63. The van der Waals surface area contributed by atoms with Crippen LogP contribution in [0.25, 0.3) is 0 Å². The molecule has 5 heteroatoms. The molecule has 2 aliphatic rings. The number of carbonyl (C=O) groups is 1. The molecule has 0 atom stereocenters. The number of thiophene rings is 1. The van der Waals surface area contributed by atoms with Gasteiger partial charge in [0.25, 0.3) is 5.91 Å². The largest absolute Gasteiger partial charge is 0.495 e. The van der Waals surface area contributed by atoms with E-state index in [4.69, 9.17) is 4.74 Å².